The van der Waals surface area contributed by atoms with Crippen LogP contribution in [0.5, 0.6) is 0 Å². The molecule has 0 unspecified atom stereocenters. The number of rotatable bonds is 2. The molecule has 96 valence electrons. The van der Waals surface area contributed by atoms with E-state index in [0.717, 1.165) is 11.3 Å². The molecule has 6 heteroatoms. The number of benzene rings is 1. The van der Waals surface area contributed by atoms with Crippen molar-refractivity contribution in [3.8, 4) is 23.0 Å². The van der Waals surface area contributed by atoms with E-state index in [0.29, 0.717) is 16.4 Å². The number of nitrogens with zero attached hydrogens (tertiary/aromatic N) is 5. The Kier molecular flexibility index (Phi) is 3.15. The summed E-state index contributed by atoms with van der Waals surface area (Å²) in [5.74, 6) is 0. The van der Waals surface area contributed by atoms with E-state index in [9.17, 15) is 0 Å². The number of pyridine rings is 1. The van der Waals surface area contributed by atoms with E-state index in [4.69, 9.17) is 16.9 Å². The molecule has 2 aromatic heterocycles. The highest BCUT2D eigenvalue weighted by molar-refractivity contribution is 6.29. The molecule has 1 aromatic carbocycles. The average Bonchev–Trinajstić information content (AvgIpc) is 2.98. The number of nitriles is 1. The Bertz CT molecular complexity index is 786. The van der Waals surface area contributed by atoms with Gasteiger partial charge >= 0.3 is 0 Å². The zero-order valence-corrected chi connectivity index (χ0v) is 11.0. The SMILES string of the molecule is N#Cc1cccc(-n2cc(-c3ccc(Cl)nc3)nn2)c1. The second kappa shape index (κ2) is 5.11. The van der Waals surface area contributed by atoms with E-state index in [1.807, 2.05) is 12.1 Å². The Labute approximate surface area is 120 Å². The van der Waals surface area contributed by atoms with Crippen molar-refractivity contribution in [1.82, 2.24) is 20.0 Å². The van der Waals surface area contributed by atoms with Crippen LogP contribution in [0, 0.1) is 11.3 Å². The van der Waals surface area contributed by atoms with Crippen molar-refractivity contribution in [1.29, 1.82) is 5.26 Å². The van der Waals surface area contributed by atoms with Crippen LogP contribution in [0.1, 0.15) is 5.56 Å². The summed E-state index contributed by atoms with van der Waals surface area (Å²) in [4.78, 5) is 4.01. The van der Waals surface area contributed by atoms with Crippen LogP contribution in [0.3, 0.4) is 0 Å². The largest absolute Gasteiger partial charge is 0.244 e. The molecular formula is C14H8ClN5. The molecule has 0 aliphatic rings. The quantitative estimate of drug-likeness (QED) is 0.677. The summed E-state index contributed by atoms with van der Waals surface area (Å²) in [6, 6.07) is 12.8. The van der Waals surface area contributed by atoms with Crippen LogP contribution < -0.4 is 0 Å². The van der Waals surface area contributed by atoms with Gasteiger partial charge in [-0.25, -0.2) is 9.67 Å². The minimum absolute atomic E-state index is 0.433. The van der Waals surface area contributed by atoms with Crippen LogP contribution in [0.4, 0.5) is 0 Å². The van der Waals surface area contributed by atoms with Crippen molar-refractivity contribution >= 4 is 11.6 Å². The molecule has 0 saturated heterocycles. The van der Waals surface area contributed by atoms with Crippen molar-refractivity contribution in [3.63, 3.8) is 0 Å². The molecule has 0 amide bonds. The Morgan fingerprint density at radius 1 is 1.20 bits per heavy atom. The molecule has 0 bridgehead atoms. The van der Waals surface area contributed by atoms with Crippen molar-refractivity contribution in [2.75, 3.05) is 0 Å². The molecule has 0 atom stereocenters. The van der Waals surface area contributed by atoms with Gasteiger partial charge in [0.15, 0.2) is 0 Å². The summed E-state index contributed by atoms with van der Waals surface area (Å²) in [5.41, 5.74) is 2.88. The number of aromatic nitrogens is 4. The van der Waals surface area contributed by atoms with Gasteiger partial charge in [-0.05, 0) is 30.3 Å². The fraction of sp³-hybridized carbons (Fsp3) is 0. The predicted molar refractivity (Wildman–Crippen MR) is 74.3 cm³/mol. The van der Waals surface area contributed by atoms with Gasteiger partial charge in [-0.2, -0.15) is 5.26 Å². The van der Waals surface area contributed by atoms with Crippen molar-refractivity contribution in [2.45, 2.75) is 0 Å². The molecule has 20 heavy (non-hydrogen) atoms. The molecule has 0 spiro atoms. The molecule has 0 aliphatic heterocycles. The van der Waals surface area contributed by atoms with Gasteiger partial charge < -0.3 is 0 Å². The van der Waals surface area contributed by atoms with Crippen LogP contribution in [0.2, 0.25) is 5.15 Å². The first-order chi connectivity index (χ1) is 9.76. The Morgan fingerprint density at radius 2 is 2.10 bits per heavy atom. The first-order valence-corrected chi connectivity index (χ1v) is 6.19. The van der Waals surface area contributed by atoms with Crippen molar-refractivity contribution in [3.05, 3.63) is 59.5 Å². The topological polar surface area (TPSA) is 67.4 Å². The van der Waals surface area contributed by atoms with E-state index in [1.165, 1.54) is 0 Å². The van der Waals surface area contributed by atoms with Gasteiger partial charge in [0.2, 0.25) is 0 Å². The lowest BCUT2D eigenvalue weighted by atomic mass is 10.2. The maximum atomic E-state index is 8.90. The van der Waals surface area contributed by atoms with Gasteiger partial charge in [0, 0.05) is 11.8 Å². The lowest BCUT2D eigenvalue weighted by Crippen LogP contribution is -1.94. The normalized spacial score (nSPS) is 10.2. The van der Waals surface area contributed by atoms with Crippen LogP contribution in [0.25, 0.3) is 16.9 Å². The van der Waals surface area contributed by atoms with Crippen LogP contribution in [-0.2, 0) is 0 Å². The lowest BCUT2D eigenvalue weighted by molar-refractivity contribution is 0.803. The highest BCUT2D eigenvalue weighted by atomic mass is 35.5. The summed E-state index contributed by atoms with van der Waals surface area (Å²) < 4.78 is 1.62. The standard InChI is InChI=1S/C14H8ClN5/c15-14-5-4-11(8-17-14)13-9-20(19-18-13)12-3-1-2-10(6-12)7-16/h1-6,8-9H. The maximum Gasteiger partial charge on any atom is 0.129 e. The third kappa shape index (κ3) is 2.37. The smallest absolute Gasteiger partial charge is 0.129 e. The first kappa shape index (κ1) is 12.3. The average molecular weight is 282 g/mol. The predicted octanol–water partition coefficient (Wildman–Crippen LogP) is 2.85. The number of hydrogen-bond donors (Lipinski definition) is 0. The second-order valence-corrected chi connectivity index (χ2v) is 4.47. The molecule has 0 radical (unpaired) electrons. The highest BCUT2D eigenvalue weighted by Gasteiger charge is 2.06. The first-order valence-electron chi connectivity index (χ1n) is 5.81. The maximum absolute atomic E-state index is 8.90. The van der Waals surface area contributed by atoms with E-state index < -0.39 is 0 Å². The van der Waals surface area contributed by atoms with Crippen LogP contribution in [0.15, 0.2) is 48.8 Å². The molecule has 2 heterocycles. The summed E-state index contributed by atoms with van der Waals surface area (Å²) in [6.45, 7) is 0. The molecule has 5 nitrogen and oxygen atoms in total. The van der Waals surface area contributed by atoms with Gasteiger partial charge in [0.25, 0.3) is 0 Å². The lowest BCUT2D eigenvalue weighted by Gasteiger charge is -1.99. The Morgan fingerprint density at radius 3 is 2.85 bits per heavy atom. The van der Waals surface area contributed by atoms with Crippen LogP contribution in [-0.4, -0.2) is 20.0 Å². The van der Waals surface area contributed by atoms with Gasteiger partial charge in [-0.15, -0.1) is 5.10 Å². The van der Waals surface area contributed by atoms with Gasteiger partial charge in [-0.3, -0.25) is 0 Å². The Hall–Kier alpha value is -2.71. The third-order valence-electron chi connectivity index (χ3n) is 2.76. The molecule has 0 fully saturated rings. The zero-order valence-electron chi connectivity index (χ0n) is 10.2. The van der Waals surface area contributed by atoms with Crippen molar-refractivity contribution in [2.24, 2.45) is 0 Å². The zero-order chi connectivity index (χ0) is 13.9. The number of halogens is 1. The Balaban J connectivity index is 1.97. The molecule has 0 saturated carbocycles. The van der Waals surface area contributed by atoms with E-state index in [1.54, 1.807) is 41.3 Å². The fourth-order valence-electron chi connectivity index (χ4n) is 1.77. The molecular weight excluding hydrogens is 274 g/mol. The van der Waals surface area contributed by atoms with Gasteiger partial charge in [0.05, 0.1) is 23.5 Å². The van der Waals surface area contributed by atoms with E-state index in [2.05, 4.69) is 21.4 Å². The highest BCUT2D eigenvalue weighted by Crippen LogP contribution is 2.18. The van der Waals surface area contributed by atoms with Crippen molar-refractivity contribution < 1.29 is 0 Å². The summed E-state index contributed by atoms with van der Waals surface area (Å²) in [6.07, 6.45) is 3.42. The van der Waals surface area contributed by atoms with Gasteiger partial charge in [0.1, 0.15) is 10.8 Å². The summed E-state index contributed by atoms with van der Waals surface area (Å²) in [7, 11) is 0. The summed E-state index contributed by atoms with van der Waals surface area (Å²) >= 11 is 5.75. The van der Waals surface area contributed by atoms with E-state index >= 15 is 0 Å². The molecule has 3 rings (SSSR count). The third-order valence-corrected chi connectivity index (χ3v) is 2.98. The van der Waals surface area contributed by atoms with E-state index in [-0.39, 0.29) is 0 Å². The fourth-order valence-corrected chi connectivity index (χ4v) is 1.88. The van der Waals surface area contributed by atoms with Crippen LogP contribution >= 0.6 is 11.6 Å². The molecule has 0 aliphatic carbocycles. The van der Waals surface area contributed by atoms with Gasteiger partial charge in [-0.1, -0.05) is 22.9 Å². The molecule has 3 aromatic rings. The summed E-state index contributed by atoms with van der Waals surface area (Å²) in [5, 5.41) is 17.5. The minimum atomic E-state index is 0.433. The monoisotopic (exact) mass is 281 g/mol. The number of hydrogen-bond acceptors (Lipinski definition) is 4. The molecule has 0 N–H and O–H groups in total. The minimum Gasteiger partial charge on any atom is -0.244 e. The second-order valence-electron chi connectivity index (χ2n) is 4.08.